The lowest BCUT2D eigenvalue weighted by Crippen LogP contribution is -2.23. The van der Waals surface area contributed by atoms with Crippen LogP contribution in [0, 0.1) is 0 Å². The lowest BCUT2D eigenvalue weighted by Gasteiger charge is -2.08. The summed E-state index contributed by atoms with van der Waals surface area (Å²) in [6.07, 6.45) is 3.02. The highest BCUT2D eigenvalue weighted by Crippen LogP contribution is 2.16. The van der Waals surface area contributed by atoms with Gasteiger partial charge in [0.05, 0.1) is 18.9 Å². The average molecular weight is 258 g/mol. The molecule has 98 valence electrons. The van der Waals surface area contributed by atoms with Gasteiger partial charge in [0.15, 0.2) is 0 Å². The second kappa shape index (κ2) is 5.86. The third-order valence-electron chi connectivity index (χ3n) is 2.61. The summed E-state index contributed by atoms with van der Waals surface area (Å²) in [6, 6.07) is 8.32. The van der Waals surface area contributed by atoms with E-state index in [1.807, 2.05) is 6.07 Å². The monoisotopic (exact) mass is 258 g/mol. The third kappa shape index (κ3) is 3.22. The fourth-order valence-electron chi connectivity index (χ4n) is 1.67. The first kappa shape index (κ1) is 12.9. The highest BCUT2D eigenvalue weighted by Gasteiger charge is 2.11. The summed E-state index contributed by atoms with van der Waals surface area (Å²) in [5.41, 5.74) is 1.25. The molecule has 1 heterocycles. The van der Waals surface area contributed by atoms with Crippen LogP contribution in [0.1, 0.15) is 15.9 Å². The lowest BCUT2D eigenvalue weighted by atomic mass is 10.2. The molecule has 5 nitrogen and oxygen atoms in total. The highest BCUT2D eigenvalue weighted by molar-refractivity contribution is 5.96. The van der Waals surface area contributed by atoms with E-state index in [0.717, 1.165) is 5.56 Å². The minimum atomic E-state index is -0.248. The van der Waals surface area contributed by atoms with Crippen molar-refractivity contribution >= 4 is 5.91 Å². The molecule has 0 aliphatic rings. The number of phenolic OH excluding ortho intramolecular Hbond substituents is 1. The summed E-state index contributed by atoms with van der Waals surface area (Å²) in [5, 5.41) is 12.1. The van der Waals surface area contributed by atoms with Gasteiger partial charge in [0.2, 0.25) is 0 Å². The van der Waals surface area contributed by atoms with Gasteiger partial charge in [-0.3, -0.25) is 9.78 Å². The van der Waals surface area contributed by atoms with E-state index < -0.39 is 0 Å². The molecular weight excluding hydrogens is 244 g/mol. The van der Waals surface area contributed by atoms with Crippen molar-refractivity contribution in [2.24, 2.45) is 0 Å². The van der Waals surface area contributed by atoms with Crippen molar-refractivity contribution in [3.8, 4) is 11.5 Å². The summed E-state index contributed by atoms with van der Waals surface area (Å²) in [6.45, 7) is 0.332. The van der Waals surface area contributed by atoms with Crippen LogP contribution in [0.25, 0.3) is 0 Å². The second-order valence-corrected chi connectivity index (χ2v) is 3.93. The predicted octanol–water partition coefficient (Wildman–Crippen LogP) is 1.73. The van der Waals surface area contributed by atoms with Gasteiger partial charge in [-0.05, 0) is 23.8 Å². The first-order valence-electron chi connectivity index (χ1n) is 5.75. The van der Waals surface area contributed by atoms with Crippen molar-refractivity contribution in [3.05, 3.63) is 53.9 Å². The number of carbonyl (C=O) groups is 1. The number of hydrogen-bond donors (Lipinski definition) is 2. The van der Waals surface area contributed by atoms with Gasteiger partial charge >= 0.3 is 0 Å². The van der Waals surface area contributed by atoms with Crippen LogP contribution in [0.2, 0.25) is 0 Å². The van der Waals surface area contributed by atoms with Gasteiger partial charge in [0.1, 0.15) is 11.5 Å². The lowest BCUT2D eigenvalue weighted by molar-refractivity contribution is 0.0947. The summed E-state index contributed by atoms with van der Waals surface area (Å²) < 4.78 is 5.07. The van der Waals surface area contributed by atoms with E-state index in [-0.39, 0.29) is 11.7 Å². The van der Waals surface area contributed by atoms with Crippen LogP contribution >= 0.6 is 0 Å². The number of phenols is 1. The van der Waals surface area contributed by atoms with Crippen LogP contribution in [0.15, 0.2) is 42.7 Å². The van der Waals surface area contributed by atoms with Gasteiger partial charge < -0.3 is 15.2 Å². The SMILES string of the molecule is COc1cnccc1C(=O)NCc1cccc(O)c1. The molecule has 2 aromatic rings. The summed E-state index contributed by atoms with van der Waals surface area (Å²) >= 11 is 0. The third-order valence-corrected chi connectivity index (χ3v) is 2.61. The first-order chi connectivity index (χ1) is 9.20. The van der Waals surface area contributed by atoms with Gasteiger partial charge in [0, 0.05) is 12.7 Å². The van der Waals surface area contributed by atoms with E-state index in [1.54, 1.807) is 24.3 Å². The van der Waals surface area contributed by atoms with E-state index in [0.29, 0.717) is 17.9 Å². The predicted molar refractivity (Wildman–Crippen MR) is 70.1 cm³/mol. The van der Waals surface area contributed by atoms with Crippen LogP contribution in [0.3, 0.4) is 0 Å². The minimum absolute atomic E-state index is 0.174. The maximum atomic E-state index is 12.0. The Morgan fingerprint density at radius 3 is 3.00 bits per heavy atom. The molecule has 19 heavy (non-hydrogen) atoms. The smallest absolute Gasteiger partial charge is 0.255 e. The molecule has 1 aromatic carbocycles. The highest BCUT2D eigenvalue weighted by atomic mass is 16.5. The molecule has 0 bridgehead atoms. The van der Waals surface area contributed by atoms with Crippen molar-refractivity contribution in [3.63, 3.8) is 0 Å². The van der Waals surface area contributed by atoms with Crippen molar-refractivity contribution < 1.29 is 14.6 Å². The summed E-state index contributed by atoms with van der Waals surface area (Å²) in [5.74, 6) is 0.353. The number of benzene rings is 1. The molecule has 0 aliphatic heterocycles. The minimum Gasteiger partial charge on any atom is -0.508 e. The summed E-state index contributed by atoms with van der Waals surface area (Å²) in [4.78, 5) is 15.9. The number of rotatable bonds is 4. The number of aromatic hydroxyl groups is 1. The molecule has 0 unspecified atom stereocenters. The van der Waals surface area contributed by atoms with Crippen LogP contribution in [-0.4, -0.2) is 23.1 Å². The molecule has 0 saturated carbocycles. The Bertz CT molecular complexity index is 584. The Labute approximate surface area is 110 Å². The quantitative estimate of drug-likeness (QED) is 0.876. The maximum Gasteiger partial charge on any atom is 0.255 e. The molecule has 0 spiro atoms. The number of methoxy groups -OCH3 is 1. The Morgan fingerprint density at radius 1 is 1.42 bits per heavy atom. The van der Waals surface area contributed by atoms with Gasteiger partial charge in [-0.25, -0.2) is 0 Å². The number of nitrogens with zero attached hydrogens (tertiary/aromatic N) is 1. The molecular formula is C14H14N2O3. The van der Waals surface area contributed by atoms with Crippen LogP contribution in [0.4, 0.5) is 0 Å². The zero-order chi connectivity index (χ0) is 13.7. The fourth-order valence-corrected chi connectivity index (χ4v) is 1.67. The van der Waals surface area contributed by atoms with Crippen molar-refractivity contribution in [2.75, 3.05) is 7.11 Å². The van der Waals surface area contributed by atoms with E-state index in [4.69, 9.17) is 4.74 Å². The molecule has 2 N–H and O–H groups in total. The topological polar surface area (TPSA) is 71.5 Å². The van der Waals surface area contributed by atoms with Gasteiger partial charge in [-0.15, -0.1) is 0 Å². The standard InChI is InChI=1S/C14H14N2O3/c1-19-13-9-15-6-5-12(13)14(18)16-8-10-3-2-4-11(17)7-10/h2-7,9,17H,8H2,1H3,(H,16,18). The Morgan fingerprint density at radius 2 is 2.26 bits per heavy atom. The van der Waals surface area contributed by atoms with E-state index in [2.05, 4.69) is 10.3 Å². The zero-order valence-corrected chi connectivity index (χ0v) is 10.5. The molecule has 0 fully saturated rings. The number of nitrogens with one attached hydrogen (secondary N) is 1. The molecule has 1 aromatic heterocycles. The van der Waals surface area contributed by atoms with Crippen molar-refractivity contribution in [2.45, 2.75) is 6.54 Å². The number of hydrogen-bond acceptors (Lipinski definition) is 4. The zero-order valence-electron chi connectivity index (χ0n) is 10.5. The molecule has 5 heteroatoms. The molecule has 1 amide bonds. The number of pyridine rings is 1. The average Bonchev–Trinajstić information content (AvgIpc) is 2.45. The number of aromatic nitrogens is 1. The van der Waals surface area contributed by atoms with Gasteiger partial charge in [-0.2, -0.15) is 0 Å². The van der Waals surface area contributed by atoms with Crippen LogP contribution in [-0.2, 0) is 6.54 Å². The first-order valence-corrected chi connectivity index (χ1v) is 5.75. The Kier molecular flexibility index (Phi) is 3.97. The molecule has 0 atom stereocenters. The normalized spacial score (nSPS) is 9.95. The summed E-state index contributed by atoms with van der Waals surface area (Å²) in [7, 11) is 1.49. The van der Waals surface area contributed by atoms with Crippen molar-refractivity contribution in [1.82, 2.24) is 10.3 Å². The molecule has 0 aliphatic carbocycles. The number of carbonyl (C=O) groups excluding carboxylic acids is 1. The fraction of sp³-hybridized carbons (Fsp3) is 0.143. The van der Waals surface area contributed by atoms with E-state index in [9.17, 15) is 9.90 Å². The van der Waals surface area contributed by atoms with Gasteiger partial charge in [0.25, 0.3) is 5.91 Å². The molecule has 2 rings (SSSR count). The Balaban J connectivity index is 2.05. The van der Waals surface area contributed by atoms with E-state index >= 15 is 0 Å². The van der Waals surface area contributed by atoms with Crippen molar-refractivity contribution in [1.29, 1.82) is 0 Å². The number of amides is 1. The molecule has 0 saturated heterocycles. The molecule has 0 radical (unpaired) electrons. The van der Waals surface area contributed by atoms with Crippen LogP contribution < -0.4 is 10.1 Å². The number of ether oxygens (including phenoxy) is 1. The maximum absolute atomic E-state index is 12.0. The second-order valence-electron chi connectivity index (χ2n) is 3.93. The Hall–Kier alpha value is -2.56. The van der Waals surface area contributed by atoms with Crippen LogP contribution in [0.5, 0.6) is 11.5 Å². The van der Waals surface area contributed by atoms with Gasteiger partial charge in [-0.1, -0.05) is 12.1 Å². The van der Waals surface area contributed by atoms with E-state index in [1.165, 1.54) is 19.5 Å². The largest absolute Gasteiger partial charge is 0.508 e.